The fraction of sp³-hybridized carbons (Fsp3) is 0.556. The van der Waals surface area contributed by atoms with Crippen molar-refractivity contribution in [3.8, 4) is 11.5 Å². The third kappa shape index (κ3) is 5.31. The summed E-state index contributed by atoms with van der Waals surface area (Å²) in [5, 5.41) is 0. The Hall–Kier alpha value is -2.38. The number of carbonyl (C=O) groups excluding carboxylic acids is 2. The molecule has 0 saturated carbocycles. The number of hydrogen-bond donors (Lipinski definition) is 0. The van der Waals surface area contributed by atoms with Gasteiger partial charge in [0.2, 0.25) is 0 Å². The Labute approximate surface area is 151 Å². The summed E-state index contributed by atoms with van der Waals surface area (Å²) in [6.45, 7) is 2.08. The van der Waals surface area contributed by atoms with Gasteiger partial charge in [0.1, 0.15) is 0 Å². The number of alkyl halides is 2. The summed E-state index contributed by atoms with van der Waals surface area (Å²) in [4.78, 5) is 26.1. The van der Waals surface area contributed by atoms with E-state index in [9.17, 15) is 18.4 Å². The fourth-order valence-corrected chi connectivity index (χ4v) is 3.16. The molecule has 26 heavy (non-hydrogen) atoms. The Morgan fingerprint density at radius 3 is 2.42 bits per heavy atom. The third-order valence-electron chi connectivity index (χ3n) is 4.16. The predicted octanol–water partition coefficient (Wildman–Crippen LogP) is 2.96. The smallest absolute Gasteiger partial charge is 0.387 e. The fourth-order valence-electron chi connectivity index (χ4n) is 3.16. The molecule has 0 aromatic heterocycles. The van der Waals surface area contributed by atoms with Crippen LogP contribution in [0.4, 0.5) is 8.78 Å². The molecule has 6 nitrogen and oxygen atoms in total. The highest BCUT2D eigenvalue weighted by Gasteiger charge is 2.26. The molecule has 2 rings (SSSR count). The Morgan fingerprint density at radius 2 is 1.85 bits per heavy atom. The second-order valence-corrected chi connectivity index (χ2v) is 6.57. The van der Waals surface area contributed by atoms with Crippen molar-refractivity contribution in [3.63, 3.8) is 0 Å². The number of piperidine rings is 1. The minimum absolute atomic E-state index is 0.0234. The van der Waals surface area contributed by atoms with Gasteiger partial charge in [-0.2, -0.15) is 8.78 Å². The monoisotopic (exact) mass is 371 g/mol. The highest BCUT2D eigenvalue weighted by Crippen LogP contribution is 2.29. The van der Waals surface area contributed by atoms with Gasteiger partial charge in [-0.1, -0.05) is 13.8 Å². The quantitative estimate of drug-likeness (QED) is 0.720. The maximum absolute atomic E-state index is 12.3. The first-order valence-electron chi connectivity index (χ1n) is 8.38. The zero-order chi connectivity index (χ0) is 19.3. The van der Waals surface area contributed by atoms with E-state index in [-0.39, 0.29) is 29.6 Å². The molecule has 1 saturated heterocycles. The van der Waals surface area contributed by atoms with Gasteiger partial charge in [-0.15, -0.1) is 0 Å². The SMILES string of the molecule is COc1cc(C(=O)OCC(=O)N2C[C@H](C)C[C@H](C)C2)ccc1OC(F)F. The second kappa shape index (κ2) is 8.82. The average molecular weight is 371 g/mol. The molecule has 1 aliphatic rings. The van der Waals surface area contributed by atoms with E-state index < -0.39 is 12.6 Å². The molecule has 1 amide bonds. The molecular weight excluding hydrogens is 348 g/mol. The van der Waals surface area contributed by atoms with Gasteiger partial charge in [-0.25, -0.2) is 4.79 Å². The zero-order valence-electron chi connectivity index (χ0n) is 15.0. The van der Waals surface area contributed by atoms with E-state index in [0.717, 1.165) is 6.42 Å². The Morgan fingerprint density at radius 1 is 1.19 bits per heavy atom. The van der Waals surface area contributed by atoms with E-state index in [0.29, 0.717) is 24.9 Å². The van der Waals surface area contributed by atoms with Gasteiger partial charge >= 0.3 is 12.6 Å². The van der Waals surface area contributed by atoms with Crippen molar-refractivity contribution in [2.75, 3.05) is 26.8 Å². The molecule has 0 spiro atoms. The van der Waals surface area contributed by atoms with Crippen molar-refractivity contribution in [2.45, 2.75) is 26.9 Å². The molecule has 1 fully saturated rings. The van der Waals surface area contributed by atoms with Crippen molar-refractivity contribution >= 4 is 11.9 Å². The van der Waals surface area contributed by atoms with Crippen LogP contribution in [0.5, 0.6) is 11.5 Å². The number of hydrogen-bond acceptors (Lipinski definition) is 5. The predicted molar refractivity (Wildman–Crippen MR) is 89.4 cm³/mol. The van der Waals surface area contributed by atoms with Gasteiger partial charge < -0.3 is 19.1 Å². The molecule has 1 aromatic carbocycles. The first-order valence-corrected chi connectivity index (χ1v) is 8.38. The number of esters is 1. The number of likely N-dealkylation sites (tertiary alicyclic amines) is 1. The number of halogens is 2. The van der Waals surface area contributed by atoms with E-state index in [1.54, 1.807) is 4.90 Å². The minimum atomic E-state index is -3.01. The van der Waals surface area contributed by atoms with E-state index in [1.165, 1.54) is 25.3 Å². The van der Waals surface area contributed by atoms with E-state index >= 15 is 0 Å². The van der Waals surface area contributed by atoms with Gasteiger partial charge in [-0.3, -0.25) is 4.79 Å². The van der Waals surface area contributed by atoms with Gasteiger partial charge in [0.05, 0.1) is 12.7 Å². The average Bonchev–Trinajstić information content (AvgIpc) is 2.58. The molecular formula is C18H23F2NO5. The Bertz CT molecular complexity index is 642. The molecule has 0 unspecified atom stereocenters. The summed E-state index contributed by atoms with van der Waals surface area (Å²) in [5.74, 6) is -0.383. The second-order valence-electron chi connectivity index (χ2n) is 6.57. The molecule has 1 heterocycles. The van der Waals surface area contributed by atoms with Crippen LogP contribution in [0.1, 0.15) is 30.6 Å². The maximum atomic E-state index is 12.3. The third-order valence-corrected chi connectivity index (χ3v) is 4.16. The number of methoxy groups -OCH3 is 1. The molecule has 8 heteroatoms. The van der Waals surface area contributed by atoms with Crippen molar-refractivity contribution in [1.29, 1.82) is 0 Å². The van der Waals surface area contributed by atoms with E-state index in [4.69, 9.17) is 9.47 Å². The molecule has 0 aliphatic carbocycles. The van der Waals surface area contributed by atoms with Crippen LogP contribution in [0.15, 0.2) is 18.2 Å². The topological polar surface area (TPSA) is 65.1 Å². The summed E-state index contributed by atoms with van der Waals surface area (Å²) in [7, 11) is 1.27. The highest BCUT2D eigenvalue weighted by molar-refractivity contribution is 5.92. The van der Waals surface area contributed by atoms with Crippen LogP contribution in [0.3, 0.4) is 0 Å². The summed E-state index contributed by atoms with van der Waals surface area (Å²) in [6, 6.07) is 3.70. The lowest BCUT2D eigenvalue weighted by molar-refractivity contribution is -0.137. The van der Waals surface area contributed by atoms with Crippen molar-refractivity contribution in [2.24, 2.45) is 11.8 Å². The number of amides is 1. The molecule has 0 radical (unpaired) electrons. The van der Waals surface area contributed by atoms with Crippen molar-refractivity contribution in [1.82, 2.24) is 4.90 Å². The number of benzene rings is 1. The van der Waals surface area contributed by atoms with Crippen LogP contribution in [0.25, 0.3) is 0 Å². The summed E-state index contributed by atoms with van der Waals surface area (Å²) in [5.41, 5.74) is 0.0802. The molecule has 1 aliphatic heterocycles. The Balaban J connectivity index is 1.96. The van der Waals surface area contributed by atoms with Gasteiger partial charge in [0.15, 0.2) is 18.1 Å². The van der Waals surface area contributed by atoms with Crippen molar-refractivity contribution < 1.29 is 32.6 Å². The van der Waals surface area contributed by atoms with E-state index in [2.05, 4.69) is 18.6 Å². The normalized spacial score (nSPS) is 20.0. The number of nitrogens with zero attached hydrogens (tertiary/aromatic N) is 1. The van der Waals surface area contributed by atoms with Crippen LogP contribution >= 0.6 is 0 Å². The largest absolute Gasteiger partial charge is 0.493 e. The summed E-state index contributed by atoms with van der Waals surface area (Å²) < 4.78 is 38.9. The summed E-state index contributed by atoms with van der Waals surface area (Å²) >= 11 is 0. The van der Waals surface area contributed by atoms with Crippen LogP contribution < -0.4 is 9.47 Å². The van der Waals surface area contributed by atoms with Crippen LogP contribution in [0, 0.1) is 11.8 Å². The lowest BCUT2D eigenvalue weighted by Gasteiger charge is -2.34. The standard InChI is InChI=1S/C18H23F2NO5/c1-11-6-12(2)9-21(8-11)16(22)10-25-17(23)13-4-5-14(26-18(19)20)15(7-13)24-3/h4-5,7,11-12,18H,6,8-10H2,1-3H3/t11-,12+. The highest BCUT2D eigenvalue weighted by atomic mass is 19.3. The lowest BCUT2D eigenvalue weighted by Crippen LogP contribution is -2.44. The zero-order valence-corrected chi connectivity index (χ0v) is 15.0. The molecule has 0 N–H and O–H groups in total. The van der Waals surface area contributed by atoms with Crippen molar-refractivity contribution in [3.05, 3.63) is 23.8 Å². The van der Waals surface area contributed by atoms with Crippen LogP contribution in [-0.2, 0) is 9.53 Å². The number of rotatable bonds is 6. The summed E-state index contributed by atoms with van der Waals surface area (Å²) in [6.07, 6.45) is 1.07. The van der Waals surface area contributed by atoms with Gasteiger partial charge in [0, 0.05) is 13.1 Å². The molecule has 1 aromatic rings. The lowest BCUT2D eigenvalue weighted by atomic mass is 9.92. The first kappa shape index (κ1) is 19.9. The van der Waals surface area contributed by atoms with Crippen LogP contribution in [-0.4, -0.2) is 50.2 Å². The Kier molecular flexibility index (Phi) is 6.76. The molecule has 2 atom stereocenters. The molecule has 144 valence electrons. The van der Waals surface area contributed by atoms with Crippen LogP contribution in [0.2, 0.25) is 0 Å². The maximum Gasteiger partial charge on any atom is 0.387 e. The molecule has 0 bridgehead atoms. The van der Waals surface area contributed by atoms with Gasteiger partial charge in [0.25, 0.3) is 5.91 Å². The number of ether oxygens (including phenoxy) is 3. The first-order chi connectivity index (χ1) is 12.3. The minimum Gasteiger partial charge on any atom is -0.493 e. The number of carbonyl (C=O) groups is 2. The van der Waals surface area contributed by atoms with Gasteiger partial charge in [-0.05, 0) is 36.5 Å². The van der Waals surface area contributed by atoms with E-state index in [1.807, 2.05) is 0 Å².